The van der Waals surface area contributed by atoms with E-state index in [4.69, 9.17) is 4.74 Å². The number of aromatic nitrogens is 2. The van der Waals surface area contributed by atoms with Gasteiger partial charge >= 0.3 is 6.09 Å². The third kappa shape index (κ3) is 6.45. The summed E-state index contributed by atoms with van der Waals surface area (Å²) < 4.78 is 5.08. The molecule has 1 aromatic rings. The number of amides is 1. The lowest BCUT2D eigenvalue weighted by Gasteiger charge is -2.35. The largest absolute Gasteiger partial charge is 0.450 e. The molecular formula is C20H34N8O2. The zero-order chi connectivity index (χ0) is 21.2. The van der Waals surface area contributed by atoms with Gasteiger partial charge in [-0.3, -0.25) is 9.89 Å². The highest BCUT2D eigenvalue weighted by molar-refractivity contribution is 5.80. The van der Waals surface area contributed by atoms with E-state index in [-0.39, 0.29) is 6.09 Å². The maximum atomic E-state index is 11.8. The molecule has 0 atom stereocenters. The van der Waals surface area contributed by atoms with E-state index in [0.29, 0.717) is 25.7 Å². The van der Waals surface area contributed by atoms with Crippen molar-refractivity contribution in [3.63, 3.8) is 0 Å². The van der Waals surface area contributed by atoms with E-state index in [1.54, 1.807) is 24.3 Å². The maximum Gasteiger partial charge on any atom is 0.409 e. The minimum absolute atomic E-state index is 0.211. The van der Waals surface area contributed by atoms with Gasteiger partial charge < -0.3 is 25.2 Å². The van der Waals surface area contributed by atoms with Gasteiger partial charge in [-0.15, -0.1) is 0 Å². The van der Waals surface area contributed by atoms with Crippen molar-refractivity contribution in [1.29, 1.82) is 0 Å². The lowest BCUT2D eigenvalue weighted by Crippen LogP contribution is -2.52. The average Bonchev–Trinajstić information content (AvgIpc) is 2.80. The lowest BCUT2D eigenvalue weighted by molar-refractivity contribution is 0.0963. The Morgan fingerprint density at radius 3 is 2.50 bits per heavy atom. The van der Waals surface area contributed by atoms with Gasteiger partial charge in [0.1, 0.15) is 0 Å². The van der Waals surface area contributed by atoms with Gasteiger partial charge in [0.2, 0.25) is 5.95 Å². The third-order valence-electron chi connectivity index (χ3n) is 5.51. The number of nitrogens with one attached hydrogen (secondary N) is 2. The van der Waals surface area contributed by atoms with Gasteiger partial charge in [-0.2, -0.15) is 0 Å². The Morgan fingerprint density at radius 1 is 1.17 bits per heavy atom. The highest BCUT2D eigenvalue weighted by Gasteiger charge is 2.24. The summed E-state index contributed by atoms with van der Waals surface area (Å²) in [6, 6.07) is 2.16. The van der Waals surface area contributed by atoms with Crippen LogP contribution in [0.2, 0.25) is 0 Å². The monoisotopic (exact) mass is 418 g/mol. The van der Waals surface area contributed by atoms with Crippen LogP contribution in [0.4, 0.5) is 10.7 Å². The van der Waals surface area contributed by atoms with Crippen LogP contribution in [0.3, 0.4) is 0 Å². The Labute approximate surface area is 178 Å². The number of rotatable bonds is 6. The number of piperidine rings is 1. The molecule has 0 aliphatic carbocycles. The molecule has 30 heavy (non-hydrogen) atoms. The fraction of sp³-hybridized carbons (Fsp3) is 0.700. The van der Waals surface area contributed by atoms with E-state index in [0.717, 1.165) is 64.0 Å². The summed E-state index contributed by atoms with van der Waals surface area (Å²) in [6.45, 7) is 9.35. The molecule has 3 rings (SSSR count). The van der Waals surface area contributed by atoms with Crippen molar-refractivity contribution in [2.75, 3.05) is 70.9 Å². The molecule has 2 saturated heterocycles. The van der Waals surface area contributed by atoms with E-state index in [9.17, 15) is 4.79 Å². The molecule has 1 amide bonds. The van der Waals surface area contributed by atoms with Gasteiger partial charge in [0, 0.05) is 77.8 Å². The molecule has 1 aromatic heterocycles. The number of guanidine groups is 1. The van der Waals surface area contributed by atoms with Crippen LogP contribution in [0.15, 0.2) is 23.5 Å². The van der Waals surface area contributed by atoms with Crippen LogP contribution < -0.4 is 15.5 Å². The number of anilines is 1. The van der Waals surface area contributed by atoms with Crippen LogP contribution in [-0.4, -0.2) is 104 Å². The number of ether oxygens (including phenoxy) is 1. The third-order valence-corrected chi connectivity index (χ3v) is 5.51. The van der Waals surface area contributed by atoms with Gasteiger partial charge in [-0.05, 0) is 25.8 Å². The SMILES string of the molecule is CCOC(=O)N1CCC(NC(=NC)NCCN2CCN(c3ncccn3)CC2)CC1. The van der Waals surface area contributed by atoms with Crippen LogP contribution in [0, 0.1) is 0 Å². The van der Waals surface area contributed by atoms with Crippen molar-refractivity contribution < 1.29 is 9.53 Å². The zero-order valence-corrected chi connectivity index (χ0v) is 18.1. The number of aliphatic imine (C=N–C) groups is 1. The number of likely N-dealkylation sites (tertiary alicyclic amines) is 1. The fourth-order valence-corrected chi connectivity index (χ4v) is 3.77. The van der Waals surface area contributed by atoms with Crippen molar-refractivity contribution in [2.45, 2.75) is 25.8 Å². The molecule has 0 unspecified atom stereocenters. The van der Waals surface area contributed by atoms with E-state index in [1.807, 2.05) is 13.0 Å². The molecule has 0 bridgehead atoms. The van der Waals surface area contributed by atoms with E-state index in [2.05, 4.69) is 35.4 Å². The van der Waals surface area contributed by atoms with Gasteiger partial charge in [0.05, 0.1) is 6.61 Å². The minimum atomic E-state index is -0.211. The minimum Gasteiger partial charge on any atom is -0.450 e. The second-order valence-electron chi connectivity index (χ2n) is 7.48. The standard InChI is InChI=1S/C20H34N8O2/c1-3-30-20(29)28-10-5-17(6-11-28)25-18(21-2)22-9-12-26-13-15-27(16-14-26)19-23-7-4-8-24-19/h4,7-8,17H,3,5-6,9-16H2,1-2H3,(H2,21,22,25). The summed E-state index contributed by atoms with van der Waals surface area (Å²) in [7, 11) is 1.79. The molecule has 10 heteroatoms. The topological polar surface area (TPSA) is 98.2 Å². The first-order valence-electron chi connectivity index (χ1n) is 10.8. The first-order chi connectivity index (χ1) is 14.7. The van der Waals surface area contributed by atoms with Crippen molar-refractivity contribution in [3.05, 3.63) is 18.5 Å². The van der Waals surface area contributed by atoms with Gasteiger partial charge in [0.25, 0.3) is 0 Å². The normalized spacial score (nSPS) is 18.9. The summed E-state index contributed by atoms with van der Waals surface area (Å²) in [5.74, 6) is 1.63. The molecular weight excluding hydrogens is 384 g/mol. The zero-order valence-electron chi connectivity index (χ0n) is 18.1. The molecule has 2 aliphatic heterocycles. The molecule has 0 saturated carbocycles. The predicted octanol–water partition coefficient (Wildman–Crippen LogP) is 0.385. The molecule has 2 fully saturated rings. The number of carbonyl (C=O) groups excluding carboxylic acids is 1. The molecule has 2 N–H and O–H groups in total. The predicted molar refractivity (Wildman–Crippen MR) is 117 cm³/mol. The summed E-state index contributed by atoms with van der Waals surface area (Å²) in [6.07, 6.45) is 5.15. The fourth-order valence-electron chi connectivity index (χ4n) is 3.77. The number of piperazine rings is 1. The number of nitrogens with zero attached hydrogens (tertiary/aromatic N) is 6. The van der Waals surface area contributed by atoms with Crippen LogP contribution >= 0.6 is 0 Å². The highest BCUT2D eigenvalue weighted by Crippen LogP contribution is 2.12. The molecule has 0 aromatic carbocycles. The molecule has 0 spiro atoms. The Bertz CT molecular complexity index is 671. The van der Waals surface area contributed by atoms with Gasteiger partial charge in [-0.25, -0.2) is 14.8 Å². The second-order valence-corrected chi connectivity index (χ2v) is 7.48. The number of carbonyl (C=O) groups is 1. The van der Waals surface area contributed by atoms with E-state index >= 15 is 0 Å². The summed E-state index contributed by atoms with van der Waals surface area (Å²) in [4.78, 5) is 31.3. The maximum absolute atomic E-state index is 11.8. The molecule has 0 radical (unpaired) electrons. The summed E-state index contributed by atoms with van der Waals surface area (Å²) in [5.41, 5.74) is 0. The first-order valence-corrected chi connectivity index (χ1v) is 10.8. The van der Waals surface area contributed by atoms with Gasteiger partial charge in [0.15, 0.2) is 5.96 Å². The van der Waals surface area contributed by atoms with Crippen LogP contribution in [-0.2, 0) is 4.74 Å². The average molecular weight is 419 g/mol. The van der Waals surface area contributed by atoms with E-state index < -0.39 is 0 Å². The Morgan fingerprint density at radius 2 is 1.87 bits per heavy atom. The van der Waals surface area contributed by atoms with Crippen LogP contribution in [0.25, 0.3) is 0 Å². The Balaban J connectivity index is 1.31. The molecule has 3 heterocycles. The molecule has 10 nitrogen and oxygen atoms in total. The van der Waals surface area contributed by atoms with Crippen LogP contribution in [0.1, 0.15) is 19.8 Å². The van der Waals surface area contributed by atoms with Gasteiger partial charge in [-0.1, -0.05) is 0 Å². The van der Waals surface area contributed by atoms with Crippen molar-refractivity contribution in [1.82, 2.24) is 30.4 Å². The first kappa shape index (κ1) is 22.1. The Hall–Kier alpha value is -2.62. The quantitative estimate of drug-likeness (QED) is 0.506. The van der Waals surface area contributed by atoms with Crippen LogP contribution in [0.5, 0.6) is 0 Å². The summed E-state index contributed by atoms with van der Waals surface area (Å²) >= 11 is 0. The second kappa shape index (κ2) is 11.5. The number of hydrogen-bond acceptors (Lipinski definition) is 7. The van der Waals surface area contributed by atoms with Crippen molar-refractivity contribution in [3.8, 4) is 0 Å². The van der Waals surface area contributed by atoms with E-state index in [1.165, 1.54) is 0 Å². The van der Waals surface area contributed by atoms with Crippen molar-refractivity contribution in [2.24, 2.45) is 4.99 Å². The smallest absolute Gasteiger partial charge is 0.409 e. The molecule has 166 valence electrons. The van der Waals surface area contributed by atoms with Crippen molar-refractivity contribution >= 4 is 18.0 Å². The lowest BCUT2D eigenvalue weighted by atomic mass is 10.1. The summed E-state index contributed by atoms with van der Waals surface area (Å²) in [5, 5.41) is 6.90. The number of hydrogen-bond donors (Lipinski definition) is 2. The Kier molecular flexibility index (Phi) is 8.49. The highest BCUT2D eigenvalue weighted by atomic mass is 16.6. The molecule has 2 aliphatic rings.